The zero-order valence-electron chi connectivity index (χ0n) is 18.2. The standard InChI is InChI=1S/C22H30N4O4/c1-5-30-22(28)20-18-15-25(11-10-19(18)26(23-20)13-12-24(2)3)14-16-6-8-17(9-7-16)21(27)29-4/h6-9H,5,10-15H2,1-4H3. The number of methoxy groups -OCH3 is 1. The van der Waals surface area contributed by atoms with Crippen molar-refractivity contribution in [2.24, 2.45) is 0 Å². The van der Waals surface area contributed by atoms with Crippen LogP contribution in [0, 0.1) is 0 Å². The van der Waals surface area contributed by atoms with Gasteiger partial charge in [-0.05, 0) is 38.7 Å². The summed E-state index contributed by atoms with van der Waals surface area (Å²) in [6.07, 6.45) is 0.829. The molecule has 0 radical (unpaired) electrons. The van der Waals surface area contributed by atoms with Crippen LogP contribution in [0.5, 0.6) is 0 Å². The van der Waals surface area contributed by atoms with Gasteiger partial charge < -0.3 is 14.4 Å². The van der Waals surface area contributed by atoms with Crippen LogP contribution in [0.15, 0.2) is 24.3 Å². The second kappa shape index (κ2) is 9.86. The Labute approximate surface area is 177 Å². The second-order valence-corrected chi connectivity index (χ2v) is 7.67. The number of hydrogen-bond donors (Lipinski definition) is 0. The third-order valence-corrected chi connectivity index (χ3v) is 5.22. The minimum absolute atomic E-state index is 0.328. The van der Waals surface area contributed by atoms with Gasteiger partial charge in [0.2, 0.25) is 0 Å². The molecule has 2 heterocycles. The van der Waals surface area contributed by atoms with E-state index in [1.54, 1.807) is 19.1 Å². The average Bonchev–Trinajstić information content (AvgIpc) is 3.10. The summed E-state index contributed by atoms with van der Waals surface area (Å²) >= 11 is 0. The molecule has 0 saturated heterocycles. The van der Waals surface area contributed by atoms with Crippen molar-refractivity contribution < 1.29 is 19.1 Å². The molecule has 1 aromatic carbocycles. The minimum Gasteiger partial charge on any atom is -0.465 e. The zero-order chi connectivity index (χ0) is 21.7. The number of aromatic nitrogens is 2. The van der Waals surface area contributed by atoms with E-state index in [2.05, 4.69) is 14.9 Å². The van der Waals surface area contributed by atoms with Crippen LogP contribution in [0.1, 0.15) is 44.6 Å². The Morgan fingerprint density at radius 2 is 1.90 bits per heavy atom. The van der Waals surface area contributed by atoms with E-state index in [0.717, 1.165) is 49.4 Å². The number of rotatable bonds is 8. The average molecular weight is 415 g/mol. The first-order valence-electron chi connectivity index (χ1n) is 10.2. The molecule has 0 unspecified atom stereocenters. The van der Waals surface area contributed by atoms with Crippen LogP contribution in [0.25, 0.3) is 0 Å². The molecule has 0 aliphatic carbocycles. The summed E-state index contributed by atoms with van der Waals surface area (Å²) in [4.78, 5) is 28.5. The van der Waals surface area contributed by atoms with Crippen LogP contribution >= 0.6 is 0 Å². The number of esters is 2. The molecule has 1 aromatic heterocycles. The Hall–Kier alpha value is -2.71. The van der Waals surface area contributed by atoms with Crippen molar-refractivity contribution >= 4 is 11.9 Å². The minimum atomic E-state index is -0.360. The second-order valence-electron chi connectivity index (χ2n) is 7.67. The van der Waals surface area contributed by atoms with E-state index in [9.17, 15) is 9.59 Å². The Bertz CT molecular complexity index is 889. The third kappa shape index (κ3) is 5.06. The molecule has 0 fully saturated rings. The molecule has 3 rings (SSSR count). The number of nitrogens with zero attached hydrogens (tertiary/aromatic N) is 4. The van der Waals surface area contributed by atoms with E-state index in [1.165, 1.54) is 7.11 Å². The lowest BCUT2D eigenvalue weighted by atomic mass is 10.0. The number of fused-ring (bicyclic) bond motifs is 1. The van der Waals surface area contributed by atoms with Crippen molar-refractivity contribution in [3.8, 4) is 0 Å². The maximum Gasteiger partial charge on any atom is 0.359 e. The van der Waals surface area contributed by atoms with Crippen molar-refractivity contribution in [2.45, 2.75) is 33.0 Å². The van der Waals surface area contributed by atoms with Crippen LogP contribution in [-0.4, -0.2) is 72.4 Å². The van der Waals surface area contributed by atoms with Gasteiger partial charge in [-0.2, -0.15) is 5.10 Å². The molecule has 162 valence electrons. The fourth-order valence-electron chi connectivity index (χ4n) is 3.65. The van der Waals surface area contributed by atoms with E-state index >= 15 is 0 Å². The molecule has 1 aliphatic heterocycles. The molecule has 0 atom stereocenters. The van der Waals surface area contributed by atoms with Crippen LogP contribution < -0.4 is 0 Å². The van der Waals surface area contributed by atoms with Gasteiger partial charge in [0.1, 0.15) is 0 Å². The van der Waals surface area contributed by atoms with E-state index < -0.39 is 0 Å². The van der Waals surface area contributed by atoms with Gasteiger partial charge in [-0.3, -0.25) is 9.58 Å². The molecular formula is C22H30N4O4. The fraction of sp³-hybridized carbons (Fsp3) is 0.500. The summed E-state index contributed by atoms with van der Waals surface area (Å²) in [5, 5.41) is 4.60. The molecule has 8 nitrogen and oxygen atoms in total. The maximum absolute atomic E-state index is 12.5. The molecule has 0 saturated carbocycles. The van der Waals surface area contributed by atoms with Crippen LogP contribution in [-0.2, 0) is 35.5 Å². The van der Waals surface area contributed by atoms with E-state index in [-0.39, 0.29) is 11.9 Å². The predicted molar refractivity (Wildman–Crippen MR) is 112 cm³/mol. The largest absolute Gasteiger partial charge is 0.465 e. The number of benzene rings is 1. The summed E-state index contributed by atoms with van der Waals surface area (Å²) in [5.41, 5.74) is 4.15. The normalized spacial score (nSPS) is 13.9. The van der Waals surface area contributed by atoms with Gasteiger partial charge in [0, 0.05) is 43.9 Å². The van der Waals surface area contributed by atoms with Crippen molar-refractivity contribution in [3.05, 3.63) is 52.3 Å². The highest BCUT2D eigenvalue weighted by molar-refractivity contribution is 5.89. The Morgan fingerprint density at radius 3 is 2.53 bits per heavy atom. The zero-order valence-corrected chi connectivity index (χ0v) is 18.2. The van der Waals surface area contributed by atoms with Crippen molar-refractivity contribution in [1.82, 2.24) is 19.6 Å². The molecule has 8 heteroatoms. The van der Waals surface area contributed by atoms with E-state index in [1.807, 2.05) is 30.9 Å². The first-order chi connectivity index (χ1) is 14.4. The van der Waals surface area contributed by atoms with Gasteiger partial charge in [0.05, 0.1) is 25.8 Å². The first-order valence-corrected chi connectivity index (χ1v) is 10.2. The van der Waals surface area contributed by atoms with Crippen LogP contribution in [0.3, 0.4) is 0 Å². The highest BCUT2D eigenvalue weighted by Crippen LogP contribution is 2.25. The number of likely N-dealkylation sites (N-methyl/N-ethyl adjacent to an activating group) is 1. The molecule has 0 bridgehead atoms. The number of hydrogen-bond acceptors (Lipinski definition) is 7. The highest BCUT2D eigenvalue weighted by atomic mass is 16.5. The quantitative estimate of drug-likeness (QED) is 0.611. The lowest BCUT2D eigenvalue weighted by Crippen LogP contribution is -2.32. The summed E-state index contributed by atoms with van der Waals surface area (Å²) < 4.78 is 12.0. The topological polar surface area (TPSA) is 76.9 Å². The van der Waals surface area contributed by atoms with Crippen LogP contribution in [0.4, 0.5) is 0 Å². The van der Waals surface area contributed by atoms with Gasteiger partial charge in [0.25, 0.3) is 0 Å². The van der Waals surface area contributed by atoms with Crippen LogP contribution in [0.2, 0.25) is 0 Å². The Kier molecular flexibility index (Phi) is 7.23. The molecule has 2 aromatic rings. The number of ether oxygens (including phenoxy) is 2. The fourth-order valence-corrected chi connectivity index (χ4v) is 3.65. The number of carbonyl (C=O) groups excluding carboxylic acids is 2. The summed E-state index contributed by atoms with van der Waals surface area (Å²) in [5.74, 6) is -0.699. The molecule has 0 spiro atoms. The molecule has 0 amide bonds. The summed E-state index contributed by atoms with van der Waals surface area (Å²) in [7, 11) is 5.42. The first kappa shape index (κ1) is 22.0. The summed E-state index contributed by atoms with van der Waals surface area (Å²) in [6.45, 7) is 5.97. The smallest absolute Gasteiger partial charge is 0.359 e. The van der Waals surface area contributed by atoms with Gasteiger partial charge in [0.15, 0.2) is 5.69 Å². The maximum atomic E-state index is 12.5. The summed E-state index contributed by atoms with van der Waals surface area (Å²) in [6, 6.07) is 7.43. The van der Waals surface area contributed by atoms with Gasteiger partial charge in [-0.25, -0.2) is 9.59 Å². The third-order valence-electron chi connectivity index (χ3n) is 5.22. The predicted octanol–water partition coefficient (Wildman–Crippen LogP) is 1.97. The lowest BCUT2D eigenvalue weighted by Gasteiger charge is -2.28. The number of carbonyl (C=O) groups is 2. The molecule has 0 N–H and O–H groups in total. The lowest BCUT2D eigenvalue weighted by molar-refractivity contribution is 0.0514. The van der Waals surface area contributed by atoms with Crippen molar-refractivity contribution in [3.63, 3.8) is 0 Å². The van der Waals surface area contributed by atoms with E-state index in [0.29, 0.717) is 24.4 Å². The Morgan fingerprint density at radius 1 is 1.17 bits per heavy atom. The monoisotopic (exact) mass is 414 g/mol. The molecular weight excluding hydrogens is 384 g/mol. The SMILES string of the molecule is CCOC(=O)c1nn(CCN(C)C)c2c1CN(Cc1ccc(C(=O)OC)cc1)CC2. The Balaban J connectivity index is 1.77. The molecule has 30 heavy (non-hydrogen) atoms. The van der Waals surface area contributed by atoms with Crippen molar-refractivity contribution in [2.75, 3.05) is 40.9 Å². The highest BCUT2D eigenvalue weighted by Gasteiger charge is 2.28. The van der Waals surface area contributed by atoms with Gasteiger partial charge >= 0.3 is 11.9 Å². The van der Waals surface area contributed by atoms with E-state index in [4.69, 9.17) is 9.47 Å². The van der Waals surface area contributed by atoms with Crippen molar-refractivity contribution in [1.29, 1.82) is 0 Å². The van der Waals surface area contributed by atoms with Gasteiger partial charge in [-0.15, -0.1) is 0 Å². The van der Waals surface area contributed by atoms with Gasteiger partial charge in [-0.1, -0.05) is 12.1 Å². The molecule has 1 aliphatic rings.